The molecule has 1 aromatic carbocycles. The fourth-order valence-electron chi connectivity index (χ4n) is 3.80. The number of aryl methyl sites for hydroxylation is 1. The van der Waals surface area contributed by atoms with Crippen LogP contribution in [0, 0.1) is 18.8 Å². The number of carbonyl (C=O) groups excluding carboxylic acids is 1. The van der Waals surface area contributed by atoms with E-state index in [0.29, 0.717) is 18.7 Å². The van der Waals surface area contributed by atoms with Gasteiger partial charge in [0.05, 0.1) is 19.1 Å². The third-order valence-corrected chi connectivity index (χ3v) is 5.21. The number of fused-ring (bicyclic) bond motifs is 1. The summed E-state index contributed by atoms with van der Waals surface area (Å²) in [6.45, 7) is 6.57. The van der Waals surface area contributed by atoms with Crippen LogP contribution >= 0.6 is 0 Å². The fourth-order valence-corrected chi connectivity index (χ4v) is 3.80. The van der Waals surface area contributed by atoms with E-state index >= 15 is 0 Å². The Balaban J connectivity index is 1.75. The smallest absolute Gasteiger partial charge is 0.318 e. The van der Waals surface area contributed by atoms with Crippen LogP contribution in [0.15, 0.2) is 22.6 Å². The van der Waals surface area contributed by atoms with Gasteiger partial charge in [-0.1, -0.05) is 6.92 Å². The van der Waals surface area contributed by atoms with E-state index in [2.05, 4.69) is 5.32 Å². The second-order valence-electron chi connectivity index (χ2n) is 7.41. The van der Waals surface area contributed by atoms with Crippen LogP contribution in [0.5, 0.6) is 5.75 Å². The molecule has 7 heteroatoms. The van der Waals surface area contributed by atoms with Gasteiger partial charge in [-0.3, -0.25) is 4.79 Å². The molecule has 3 unspecified atom stereocenters. The van der Waals surface area contributed by atoms with Crippen LogP contribution in [0.3, 0.4) is 0 Å². The molecule has 2 aromatic rings. The summed E-state index contributed by atoms with van der Waals surface area (Å²) in [6.07, 6.45) is 0.596. The molecule has 146 valence electrons. The third-order valence-electron chi connectivity index (χ3n) is 5.21. The van der Waals surface area contributed by atoms with Crippen molar-refractivity contribution in [2.45, 2.75) is 33.2 Å². The Bertz CT molecular complexity index is 859. The van der Waals surface area contributed by atoms with E-state index in [1.807, 2.05) is 39.0 Å². The average molecular weight is 374 g/mol. The lowest BCUT2D eigenvalue weighted by Gasteiger charge is -2.35. The van der Waals surface area contributed by atoms with Crippen molar-refractivity contribution in [3.63, 3.8) is 0 Å². The summed E-state index contributed by atoms with van der Waals surface area (Å²) in [7, 11) is 1.62. The molecule has 3 atom stereocenters. The van der Waals surface area contributed by atoms with Crippen molar-refractivity contribution in [1.29, 1.82) is 0 Å². The summed E-state index contributed by atoms with van der Waals surface area (Å²) in [6, 6.07) is 4.99. The van der Waals surface area contributed by atoms with Crippen molar-refractivity contribution < 1.29 is 23.8 Å². The number of rotatable bonds is 4. The number of carbonyl (C=O) groups is 2. The topological polar surface area (TPSA) is 92.0 Å². The quantitative estimate of drug-likeness (QED) is 0.854. The van der Waals surface area contributed by atoms with E-state index in [0.717, 1.165) is 22.3 Å². The zero-order valence-electron chi connectivity index (χ0n) is 16.1. The molecule has 0 bridgehead atoms. The summed E-state index contributed by atoms with van der Waals surface area (Å²) in [5.41, 5.74) is 1.69. The number of urea groups is 1. The molecule has 2 heterocycles. The molecule has 0 aliphatic carbocycles. The molecule has 0 radical (unpaired) electrons. The van der Waals surface area contributed by atoms with E-state index in [9.17, 15) is 14.7 Å². The van der Waals surface area contributed by atoms with Gasteiger partial charge in [0.1, 0.15) is 17.1 Å². The first-order valence-electron chi connectivity index (χ1n) is 9.15. The van der Waals surface area contributed by atoms with Gasteiger partial charge in [0.2, 0.25) is 0 Å². The highest BCUT2D eigenvalue weighted by Gasteiger charge is 2.32. The molecule has 1 aromatic heterocycles. The monoisotopic (exact) mass is 374 g/mol. The lowest BCUT2D eigenvalue weighted by Crippen LogP contribution is -2.49. The first kappa shape index (κ1) is 19.1. The number of furan rings is 1. The van der Waals surface area contributed by atoms with Crippen LogP contribution in [0.4, 0.5) is 4.79 Å². The highest BCUT2D eigenvalue weighted by atomic mass is 16.5. The Morgan fingerprint density at radius 3 is 2.78 bits per heavy atom. The maximum atomic E-state index is 12.7. The first-order chi connectivity index (χ1) is 12.8. The van der Waals surface area contributed by atoms with E-state index in [4.69, 9.17) is 9.15 Å². The maximum absolute atomic E-state index is 12.7. The maximum Gasteiger partial charge on any atom is 0.318 e. The Kier molecular flexibility index (Phi) is 5.30. The lowest BCUT2D eigenvalue weighted by atomic mass is 9.91. The van der Waals surface area contributed by atoms with Crippen molar-refractivity contribution in [1.82, 2.24) is 10.2 Å². The van der Waals surface area contributed by atoms with Crippen LogP contribution < -0.4 is 10.1 Å². The Morgan fingerprint density at radius 2 is 2.11 bits per heavy atom. The summed E-state index contributed by atoms with van der Waals surface area (Å²) in [5.74, 6) is 0.217. The number of likely N-dealkylation sites (tertiary alicyclic amines) is 1. The van der Waals surface area contributed by atoms with Gasteiger partial charge < -0.3 is 24.5 Å². The lowest BCUT2D eigenvalue weighted by molar-refractivity contribution is -0.143. The molecule has 1 fully saturated rings. The molecular formula is C20H26N2O5. The van der Waals surface area contributed by atoms with Gasteiger partial charge in [0, 0.05) is 24.0 Å². The minimum absolute atomic E-state index is 0.154. The number of aliphatic carboxylic acids is 1. The molecule has 2 amide bonds. The molecule has 2 N–H and O–H groups in total. The molecule has 0 saturated carbocycles. The number of nitrogens with one attached hydrogen (secondary N) is 1. The van der Waals surface area contributed by atoms with Gasteiger partial charge in [-0.15, -0.1) is 0 Å². The number of nitrogens with zero attached hydrogens (tertiary/aromatic N) is 1. The van der Waals surface area contributed by atoms with Gasteiger partial charge in [0.15, 0.2) is 0 Å². The number of hydrogen-bond donors (Lipinski definition) is 2. The van der Waals surface area contributed by atoms with Crippen molar-refractivity contribution >= 4 is 23.0 Å². The number of carboxylic acid groups (broad SMARTS) is 1. The van der Waals surface area contributed by atoms with E-state index < -0.39 is 11.9 Å². The third kappa shape index (κ3) is 3.86. The number of hydrogen-bond acceptors (Lipinski definition) is 4. The number of benzene rings is 1. The molecule has 1 saturated heterocycles. The highest BCUT2D eigenvalue weighted by molar-refractivity contribution is 5.84. The van der Waals surface area contributed by atoms with Crippen molar-refractivity contribution in [3.8, 4) is 5.75 Å². The zero-order valence-corrected chi connectivity index (χ0v) is 16.1. The van der Waals surface area contributed by atoms with Crippen molar-refractivity contribution in [3.05, 3.63) is 29.5 Å². The van der Waals surface area contributed by atoms with Crippen molar-refractivity contribution in [2.24, 2.45) is 11.8 Å². The predicted octanol–water partition coefficient (Wildman–Crippen LogP) is 3.56. The average Bonchev–Trinajstić information content (AvgIpc) is 2.97. The molecule has 27 heavy (non-hydrogen) atoms. The molecule has 1 aliphatic heterocycles. The Hall–Kier alpha value is -2.70. The largest absolute Gasteiger partial charge is 0.497 e. The number of piperidine rings is 1. The molecule has 0 spiro atoms. The molecule has 7 nitrogen and oxygen atoms in total. The minimum atomic E-state index is -0.852. The van der Waals surface area contributed by atoms with Crippen LogP contribution in [0.2, 0.25) is 0 Å². The number of methoxy groups -OCH3 is 1. The zero-order chi connectivity index (χ0) is 19.7. The van der Waals surface area contributed by atoms with Gasteiger partial charge >= 0.3 is 12.0 Å². The SMILES string of the molecule is COc1ccc2oc(C(C)NC(=O)N3CC(C)CC(C(=O)O)C3)c(C)c2c1. The number of carboxylic acids is 1. The van der Waals surface area contributed by atoms with Gasteiger partial charge in [0.25, 0.3) is 0 Å². The predicted molar refractivity (Wildman–Crippen MR) is 101 cm³/mol. The van der Waals surface area contributed by atoms with Crippen LogP contribution in [0.25, 0.3) is 11.0 Å². The van der Waals surface area contributed by atoms with Gasteiger partial charge in [-0.05, 0) is 44.4 Å². The first-order valence-corrected chi connectivity index (χ1v) is 9.15. The Labute approximate surface area is 158 Å². The second kappa shape index (κ2) is 7.50. The normalized spacial score (nSPS) is 21.1. The number of ether oxygens (including phenoxy) is 1. The van der Waals surface area contributed by atoms with Gasteiger partial charge in [-0.2, -0.15) is 0 Å². The molecule has 3 rings (SSSR count). The summed E-state index contributed by atoms with van der Waals surface area (Å²) in [5, 5.41) is 13.2. The summed E-state index contributed by atoms with van der Waals surface area (Å²) >= 11 is 0. The van der Waals surface area contributed by atoms with Crippen LogP contribution in [-0.2, 0) is 4.79 Å². The van der Waals surface area contributed by atoms with Crippen molar-refractivity contribution in [2.75, 3.05) is 20.2 Å². The molecular weight excluding hydrogens is 348 g/mol. The van der Waals surface area contributed by atoms with Gasteiger partial charge in [-0.25, -0.2) is 4.79 Å². The van der Waals surface area contributed by atoms with E-state index in [1.165, 1.54) is 0 Å². The number of amides is 2. The second-order valence-corrected chi connectivity index (χ2v) is 7.41. The Morgan fingerprint density at radius 1 is 1.37 bits per heavy atom. The van der Waals surface area contributed by atoms with E-state index in [1.54, 1.807) is 12.0 Å². The van der Waals surface area contributed by atoms with E-state index in [-0.39, 0.29) is 24.5 Å². The van der Waals surface area contributed by atoms with Crippen LogP contribution in [0.1, 0.15) is 37.6 Å². The summed E-state index contributed by atoms with van der Waals surface area (Å²) < 4.78 is 11.2. The summed E-state index contributed by atoms with van der Waals surface area (Å²) in [4.78, 5) is 25.6. The minimum Gasteiger partial charge on any atom is -0.497 e. The standard InChI is InChI=1S/C20H26N2O5/c1-11-7-14(19(23)24)10-22(9-11)20(25)21-13(3)18-12(2)16-8-15(26-4)5-6-17(16)27-18/h5-6,8,11,13-14H,7,9-10H2,1-4H3,(H,21,25)(H,23,24). The molecule has 1 aliphatic rings. The highest BCUT2D eigenvalue weighted by Crippen LogP contribution is 2.32. The van der Waals surface area contributed by atoms with Crippen LogP contribution in [-0.4, -0.2) is 42.2 Å². The fraction of sp³-hybridized carbons (Fsp3) is 0.500.